The molecule has 8 nitrogen and oxygen atoms in total. The predicted molar refractivity (Wildman–Crippen MR) is 59.7 cm³/mol. The molecule has 18 heavy (non-hydrogen) atoms. The highest BCUT2D eigenvalue weighted by Crippen LogP contribution is 2.29. The number of hydrogen-bond acceptors (Lipinski definition) is 7. The highest BCUT2D eigenvalue weighted by molar-refractivity contribution is 6.33. The Balaban J connectivity index is 2.97. The molecule has 0 spiro atoms. The first-order valence-electron chi connectivity index (χ1n) is 4.82. The Morgan fingerprint density at radius 3 is 2.94 bits per heavy atom. The van der Waals surface area contributed by atoms with Crippen LogP contribution in [0.15, 0.2) is 28.4 Å². The van der Waals surface area contributed by atoms with Crippen LogP contribution in [0, 0.1) is 21.4 Å². The molecule has 1 N–H and O–H groups in total. The summed E-state index contributed by atoms with van der Waals surface area (Å²) in [7, 11) is 0. The quantitative estimate of drug-likeness (QED) is 0.509. The van der Waals surface area contributed by atoms with E-state index in [1.807, 2.05) is 0 Å². The Hall–Kier alpha value is -2.53. The number of halogens is 1. The fourth-order valence-electron chi connectivity index (χ4n) is 0.936. The minimum Gasteiger partial charge on any atom is -0.479 e. The lowest BCUT2D eigenvalue weighted by molar-refractivity contribution is -0.384. The molecule has 0 saturated heterocycles. The average molecular weight is 270 g/mol. The standard InChI is InChI=1S/C9H5ClN4O4/c10-6-3-5(14(17)18)1-2-7(6)12-13-8(4-11)9(15)16/h1-3,8H,(H,15,16)/i/hD. The molecule has 1 atom stereocenters. The number of benzene rings is 1. The van der Waals surface area contributed by atoms with E-state index in [9.17, 15) is 14.9 Å². The van der Waals surface area contributed by atoms with Gasteiger partial charge in [-0.25, -0.2) is 4.79 Å². The van der Waals surface area contributed by atoms with Crippen molar-refractivity contribution in [3.63, 3.8) is 0 Å². The first kappa shape index (κ1) is 11.9. The second-order valence-electron chi connectivity index (χ2n) is 2.96. The van der Waals surface area contributed by atoms with Crippen molar-refractivity contribution in [2.24, 2.45) is 10.2 Å². The monoisotopic (exact) mass is 269 g/mol. The van der Waals surface area contributed by atoms with Crippen LogP contribution >= 0.6 is 11.6 Å². The molecule has 0 heterocycles. The lowest BCUT2D eigenvalue weighted by Crippen LogP contribution is -2.14. The normalized spacial score (nSPS) is 12.6. The Kier molecular flexibility index (Phi) is 3.78. The molecule has 0 aliphatic rings. The van der Waals surface area contributed by atoms with Gasteiger partial charge in [-0.15, -0.1) is 0 Å². The van der Waals surface area contributed by atoms with E-state index in [-0.39, 0.29) is 16.4 Å². The van der Waals surface area contributed by atoms with E-state index in [0.29, 0.717) is 0 Å². The number of aliphatic carboxylic acids is 1. The fourth-order valence-corrected chi connectivity index (χ4v) is 1.15. The Labute approximate surface area is 107 Å². The summed E-state index contributed by atoms with van der Waals surface area (Å²) in [5, 5.41) is 29.4. The molecule has 1 aromatic rings. The molecule has 0 aromatic heterocycles. The number of nitro benzene ring substituents is 1. The van der Waals surface area contributed by atoms with Crippen LogP contribution in [0.3, 0.4) is 0 Å². The van der Waals surface area contributed by atoms with E-state index in [0.717, 1.165) is 12.1 Å². The van der Waals surface area contributed by atoms with Gasteiger partial charge in [-0.05, 0) is 6.07 Å². The van der Waals surface area contributed by atoms with E-state index in [2.05, 4.69) is 15.3 Å². The van der Waals surface area contributed by atoms with E-state index < -0.39 is 16.9 Å². The van der Waals surface area contributed by atoms with Gasteiger partial charge in [0.2, 0.25) is 0 Å². The molecule has 1 unspecified atom stereocenters. The molecule has 0 aliphatic carbocycles. The van der Waals surface area contributed by atoms with Crippen LogP contribution in [0.2, 0.25) is 5.02 Å². The van der Waals surface area contributed by atoms with Crippen molar-refractivity contribution in [2.45, 2.75) is 6.04 Å². The Morgan fingerprint density at radius 2 is 2.44 bits per heavy atom. The molecule has 0 aliphatic heterocycles. The van der Waals surface area contributed by atoms with Crippen molar-refractivity contribution in [1.29, 1.82) is 6.69 Å². The zero-order valence-electron chi connectivity index (χ0n) is 9.61. The van der Waals surface area contributed by atoms with Gasteiger partial charge in [-0.3, -0.25) is 10.1 Å². The molecule has 9 heteroatoms. The van der Waals surface area contributed by atoms with Gasteiger partial charge in [0, 0.05) is 12.1 Å². The van der Waals surface area contributed by atoms with Crippen molar-refractivity contribution in [1.82, 2.24) is 0 Å². The molecule has 0 bridgehead atoms. The van der Waals surface area contributed by atoms with Gasteiger partial charge < -0.3 is 5.11 Å². The van der Waals surface area contributed by atoms with Gasteiger partial charge in [-0.2, -0.15) is 15.5 Å². The van der Waals surface area contributed by atoms with Crippen molar-refractivity contribution >= 4 is 28.9 Å². The third-order valence-electron chi connectivity index (χ3n) is 1.77. The molecule has 92 valence electrons. The number of nitrogens with zero attached hydrogens (tertiary/aromatic N) is 4. The zero-order valence-corrected chi connectivity index (χ0v) is 9.37. The fraction of sp³-hybridized carbons (Fsp3) is 0.111. The third kappa shape index (κ3) is 3.23. The SMILES string of the molecule is [2H]OC(=O)C(C#N)N=Nc1ccc([N+](=O)[O-])cc1Cl. The van der Waals surface area contributed by atoms with Crippen LogP contribution < -0.4 is 0 Å². The van der Waals surface area contributed by atoms with Crippen molar-refractivity contribution in [3.05, 3.63) is 33.3 Å². The summed E-state index contributed by atoms with van der Waals surface area (Å²) < 4.78 is 6.34. The van der Waals surface area contributed by atoms with Crippen molar-refractivity contribution in [2.75, 3.05) is 0 Å². The van der Waals surface area contributed by atoms with E-state index in [4.69, 9.17) is 18.3 Å². The molecule has 1 aromatic carbocycles. The van der Waals surface area contributed by atoms with Crippen LogP contribution in [-0.2, 0) is 4.79 Å². The predicted octanol–water partition coefficient (Wildman–Crippen LogP) is 2.31. The van der Waals surface area contributed by atoms with Crippen LogP contribution in [-0.4, -0.2) is 22.0 Å². The first-order valence-corrected chi connectivity index (χ1v) is 4.78. The molecule has 0 amide bonds. The molecule has 0 fully saturated rings. The van der Waals surface area contributed by atoms with Gasteiger partial charge in [0.25, 0.3) is 13.2 Å². The first-order chi connectivity index (χ1) is 8.99. The molecular weight excluding hydrogens is 264 g/mol. The summed E-state index contributed by atoms with van der Waals surface area (Å²) in [6.07, 6.45) is 0. The topological polar surface area (TPSA) is 129 Å². The number of hydrogen-bond donors (Lipinski definition) is 1. The number of carboxylic acids is 1. The maximum absolute atomic E-state index is 10.9. The summed E-state index contributed by atoms with van der Waals surface area (Å²) >= 11 is 5.72. The van der Waals surface area contributed by atoms with Crippen LogP contribution in [0.25, 0.3) is 1.43 Å². The summed E-state index contributed by atoms with van der Waals surface area (Å²) in [5.74, 6) is -1.19. The summed E-state index contributed by atoms with van der Waals surface area (Å²) in [5.41, 5.74) is -0.184. The number of nitriles is 1. The van der Waals surface area contributed by atoms with Crippen LogP contribution in [0.1, 0.15) is 0 Å². The second-order valence-corrected chi connectivity index (χ2v) is 3.37. The minimum absolute atomic E-state index is 0.0466. The Morgan fingerprint density at radius 1 is 1.72 bits per heavy atom. The van der Waals surface area contributed by atoms with Crippen LogP contribution in [0.4, 0.5) is 11.4 Å². The van der Waals surface area contributed by atoms with Crippen molar-refractivity contribution < 1.29 is 14.8 Å². The zero-order chi connectivity index (χ0) is 14.4. The molecule has 0 radical (unpaired) electrons. The maximum atomic E-state index is 10.9. The lowest BCUT2D eigenvalue weighted by Gasteiger charge is -1.98. The molecular formula is C9H5ClN4O4. The highest BCUT2D eigenvalue weighted by atomic mass is 35.5. The number of non-ortho nitro benzene ring substituents is 1. The average Bonchev–Trinajstić information content (AvgIpc) is 2.40. The van der Waals surface area contributed by atoms with E-state index in [1.54, 1.807) is 0 Å². The van der Waals surface area contributed by atoms with E-state index >= 15 is 0 Å². The number of carboxylic acid groups (broad SMARTS) is 1. The third-order valence-corrected chi connectivity index (χ3v) is 2.07. The largest absolute Gasteiger partial charge is 0.479 e. The van der Waals surface area contributed by atoms with Gasteiger partial charge in [0.15, 0.2) is 0 Å². The molecule has 0 saturated carbocycles. The minimum atomic E-state index is -1.59. The maximum Gasteiger partial charge on any atom is 0.345 e. The number of rotatable bonds is 4. The van der Waals surface area contributed by atoms with Gasteiger partial charge in [-0.1, -0.05) is 11.6 Å². The van der Waals surface area contributed by atoms with Gasteiger partial charge in [0.1, 0.15) is 11.8 Å². The smallest absolute Gasteiger partial charge is 0.345 e. The summed E-state index contributed by atoms with van der Waals surface area (Å²) in [6.45, 7) is 0. The lowest BCUT2D eigenvalue weighted by atomic mass is 10.3. The van der Waals surface area contributed by atoms with Crippen LogP contribution in [0.5, 0.6) is 0 Å². The number of carbonyl (C=O) groups is 1. The van der Waals surface area contributed by atoms with Gasteiger partial charge >= 0.3 is 5.97 Å². The number of azo groups is 1. The summed E-state index contributed by atoms with van der Waals surface area (Å²) in [6, 6.07) is 3.28. The second kappa shape index (κ2) is 5.70. The summed E-state index contributed by atoms with van der Waals surface area (Å²) in [4.78, 5) is 20.7. The van der Waals surface area contributed by atoms with Crippen molar-refractivity contribution in [3.8, 4) is 6.07 Å². The number of nitro groups is 1. The highest BCUT2D eigenvalue weighted by Gasteiger charge is 2.15. The molecule has 1 rings (SSSR count). The van der Waals surface area contributed by atoms with Gasteiger partial charge in [0.05, 0.1) is 9.95 Å². The van der Waals surface area contributed by atoms with E-state index in [1.165, 1.54) is 12.1 Å². The Bertz CT molecular complexity index is 586.